The molecule has 0 saturated heterocycles. The molecule has 0 spiro atoms. The molecular weight excluding hydrogens is 282 g/mol. The van der Waals surface area contributed by atoms with Crippen molar-refractivity contribution in [3.8, 4) is 11.8 Å². The number of aromatic nitrogens is 2. The van der Waals surface area contributed by atoms with E-state index in [1.165, 1.54) is 0 Å². The Labute approximate surface area is 118 Å². The monoisotopic (exact) mass is 289 g/mol. The number of hydrogen-bond acceptors (Lipinski definition) is 4. The van der Waals surface area contributed by atoms with Gasteiger partial charge in [-0.15, -0.1) is 11.3 Å². The van der Waals surface area contributed by atoms with Crippen molar-refractivity contribution >= 4 is 27.9 Å². The molecule has 0 unspecified atom stereocenters. The summed E-state index contributed by atoms with van der Waals surface area (Å²) in [7, 11) is 0. The summed E-state index contributed by atoms with van der Waals surface area (Å²) in [4.78, 5) is 5.33. The van der Waals surface area contributed by atoms with Crippen LogP contribution in [0.4, 0.5) is 0 Å². The van der Waals surface area contributed by atoms with Crippen molar-refractivity contribution in [2.75, 3.05) is 0 Å². The highest BCUT2D eigenvalue weighted by molar-refractivity contribution is 7.15. The van der Waals surface area contributed by atoms with E-state index in [-0.39, 0.29) is 0 Å². The Morgan fingerprint density at radius 3 is 3.16 bits per heavy atom. The number of nitriles is 1. The van der Waals surface area contributed by atoms with E-state index in [1.54, 1.807) is 29.5 Å². The zero-order valence-electron chi connectivity index (χ0n) is 9.71. The van der Waals surface area contributed by atoms with Crippen LogP contribution in [0, 0.1) is 11.3 Å². The van der Waals surface area contributed by atoms with Gasteiger partial charge in [-0.3, -0.25) is 4.40 Å². The number of rotatable bonds is 3. The number of ether oxygens (including phenoxy) is 1. The number of hydrogen-bond donors (Lipinski definition) is 0. The Kier molecular flexibility index (Phi) is 3.11. The molecule has 0 amide bonds. The smallest absolute Gasteiger partial charge is 0.193 e. The molecule has 0 aliphatic carbocycles. The molecule has 1 aromatic carbocycles. The average molecular weight is 290 g/mol. The van der Waals surface area contributed by atoms with E-state index >= 15 is 0 Å². The molecule has 0 bridgehead atoms. The van der Waals surface area contributed by atoms with Crippen LogP contribution in [-0.2, 0) is 6.61 Å². The van der Waals surface area contributed by atoms with Gasteiger partial charge in [0.25, 0.3) is 0 Å². The Hall–Kier alpha value is -2.03. The third-order valence-corrected chi connectivity index (χ3v) is 3.69. The Morgan fingerprint density at radius 1 is 1.47 bits per heavy atom. The fourth-order valence-electron chi connectivity index (χ4n) is 1.73. The van der Waals surface area contributed by atoms with Crippen molar-refractivity contribution in [1.29, 1.82) is 5.26 Å². The molecule has 19 heavy (non-hydrogen) atoms. The molecule has 3 aromatic rings. The van der Waals surface area contributed by atoms with E-state index in [4.69, 9.17) is 21.6 Å². The van der Waals surface area contributed by atoms with E-state index in [1.807, 2.05) is 28.2 Å². The molecular formula is C13H8ClN3OS. The number of fused-ring (bicyclic) bond motifs is 1. The van der Waals surface area contributed by atoms with Crippen LogP contribution in [0.2, 0.25) is 5.02 Å². The van der Waals surface area contributed by atoms with Gasteiger partial charge in [0.2, 0.25) is 0 Å². The first-order valence-electron chi connectivity index (χ1n) is 5.50. The van der Waals surface area contributed by atoms with Gasteiger partial charge in [0.15, 0.2) is 4.96 Å². The van der Waals surface area contributed by atoms with Crippen molar-refractivity contribution in [1.82, 2.24) is 9.38 Å². The first kappa shape index (κ1) is 12.0. The maximum Gasteiger partial charge on any atom is 0.193 e. The molecule has 0 aliphatic rings. The van der Waals surface area contributed by atoms with Crippen LogP contribution in [0.25, 0.3) is 4.96 Å². The van der Waals surface area contributed by atoms with Crippen molar-refractivity contribution in [2.24, 2.45) is 0 Å². The minimum absolute atomic E-state index is 0.309. The van der Waals surface area contributed by atoms with Gasteiger partial charge in [0.1, 0.15) is 24.0 Å². The van der Waals surface area contributed by atoms with Gasteiger partial charge >= 0.3 is 0 Å². The lowest BCUT2D eigenvalue weighted by molar-refractivity contribution is 0.301. The second-order valence-corrected chi connectivity index (χ2v) is 5.12. The van der Waals surface area contributed by atoms with Gasteiger partial charge in [-0.2, -0.15) is 5.26 Å². The molecule has 2 heterocycles. The molecule has 94 valence electrons. The number of halogens is 1. The number of imidazole rings is 1. The minimum atomic E-state index is 0.309. The summed E-state index contributed by atoms with van der Waals surface area (Å²) < 4.78 is 7.55. The maximum absolute atomic E-state index is 9.05. The quantitative estimate of drug-likeness (QED) is 0.741. The van der Waals surface area contributed by atoms with E-state index in [0.29, 0.717) is 22.9 Å². The molecule has 6 heteroatoms. The third kappa shape index (κ3) is 2.28. The van der Waals surface area contributed by atoms with Crippen molar-refractivity contribution in [3.05, 3.63) is 52.3 Å². The van der Waals surface area contributed by atoms with Gasteiger partial charge in [0, 0.05) is 17.8 Å². The molecule has 3 rings (SSSR count). The molecule has 0 atom stereocenters. The molecule has 0 saturated carbocycles. The number of thiazole rings is 1. The van der Waals surface area contributed by atoms with E-state index in [0.717, 1.165) is 10.7 Å². The molecule has 0 fully saturated rings. The third-order valence-electron chi connectivity index (χ3n) is 2.61. The van der Waals surface area contributed by atoms with E-state index < -0.39 is 0 Å². The first-order chi connectivity index (χ1) is 9.28. The lowest BCUT2D eigenvalue weighted by atomic mass is 10.2. The standard InChI is InChI=1S/C13H8ClN3OS/c14-11-2-1-3-12(10(11)6-15)18-8-9-7-17-4-5-19-13(17)16-9/h1-5,7H,8H2. The fourth-order valence-corrected chi connectivity index (χ4v) is 2.66. The lowest BCUT2D eigenvalue weighted by Gasteiger charge is -2.06. The van der Waals surface area contributed by atoms with Crippen LogP contribution < -0.4 is 4.74 Å². The van der Waals surface area contributed by atoms with Crippen LogP contribution in [0.5, 0.6) is 5.75 Å². The van der Waals surface area contributed by atoms with Crippen LogP contribution in [-0.4, -0.2) is 9.38 Å². The lowest BCUT2D eigenvalue weighted by Crippen LogP contribution is -1.97. The highest BCUT2D eigenvalue weighted by Gasteiger charge is 2.09. The summed E-state index contributed by atoms with van der Waals surface area (Å²) in [5.74, 6) is 0.478. The zero-order valence-corrected chi connectivity index (χ0v) is 11.3. The highest BCUT2D eigenvalue weighted by Crippen LogP contribution is 2.26. The summed E-state index contributed by atoms with van der Waals surface area (Å²) >= 11 is 7.50. The van der Waals surface area contributed by atoms with Crippen molar-refractivity contribution in [2.45, 2.75) is 6.61 Å². The SMILES string of the molecule is N#Cc1c(Cl)cccc1OCc1cn2ccsc2n1. The molecule has 0 aliphatic heterocycles. The van der Waals surface area contributed by atoms with Gasteiger partial charge in [0.05, 0.1) is 10.7 Å². The van der Waals surface area contributed by atoms with Crippen molar-refractivity contribution < 1.29 is 4.74 Å². The molecule has 4 nitrogen and oxygen atoms in total. The first-order valence-corrected chi connectivity index (χ1v) is 6.76. The van der Waals surface area contributed by atoms with Crippen LogP contribution in [0.15, 0.2) is 36.0 Å². The van der Waals surface area contributed by atoms with Gasteiger partial charge in [-0.05, 0) is 12.1 Å². The van der Waals surface area contributed by atoms with E-state index in [2.05, 4.69) is 4.98 Å². The fraction of sp³-hybridized carbons (Fsp3) is 0.0769. The summed E-state index contributed by atoms with van der Waals surface area (Å²) in [6.07, 6.45) is 3.85. The molecule has 0 radical (unpaired) electrons. The largest absolute Gasteiger partial charge is 0.486 e. The number of benzene rings is 1. The Bertz CT molecular complexity index is 743. The summed E-state index contributed by atoms with van der Waals surface area (Å²) in [6, 6.07) is 7.19. The Balaban J connectivity index is 1.81. The molecule has 2 aromatic heterocycles. The van der Waals surface area contributed by atoms with Crippen LogP contribution in [0.3, 0.4) is 0 Å². The summed E-state index contributed by atoms with van der Waals surface area (Å²) in [5, 5.41) is 11.4. The van der Waals surface area contributed by atoms with Crippen LogP contribution in [0.1, 0.15) is 11.3 Å². The van der Waals surface area contributed by atoms with Gasteiger partial charge in [-0.1, -0.05) is 17.7 Å². The summed E-state index contributed by atoms with van der Waals surface area (Å²) in [6.45, 7) is 0.309. The van der Waals surface area contributed by atoms with E-state index in [9.17, 15) is 0 Å². The normalized spacial score (nSPS) is 10.5. The average Bonchev–Trinajstić information content (AvgIpc) is 2.97. The molecule has 0 N–H and O–H groups in total. The van der Waals surface area contributed by atoms with Gasteiger partial charge < -0.3 is 4.74 Å². The highest BCUT2D eigenvalue weighted by atomic mass is 35.5. The maximum atomic E-state index is 9.05. The van der Waals surface area contributed by atoms with Crippen molar-refractivity contribution in [3.63, 3.8) is 0 Å². The second kappa shape index (κ2) is 4.92. The van der Waals surface area contributed by atoms with Crippen LogP contribution >= 0.6 is 22.9 Å². The predicted octanol–water partition coefficient (Wildman–Crippen LogP) is 3.50. The number of nitrogens with zero attached hydrogens (tertiary/aromatic N) is 3. The topological polar surface area (TPSA) is 50.3 Å². The van der Waals surface area contributed by atoms with Gasteiger partial charge in [-0.25, -0.2) is 4.98 Å². The summed E-state index contributed by atoms with van der Waals surface area (Å²) in [5.41, 5.74) is 1.17. The Morgan fingerprint density at radius 2 is 2.37 bits per heavy atom. The predicted molar refractivity (Wildman–Crippen MR) is 73.6 cm³/mol. The minimum Gasteiger partial charge on any atom is -0.486 e. The zero-order chi connectivity index (χ0) is 13.2. The second-order valence-electron chi connectivity index (χ2n) is 3.84.